The molecule has 1 saturated carbocycles. The van der Waals surface area contributed by atoms with Crippen LogP contribution >= 0.6 is 11.3 Å². The Morgan fingerprint density at radius 1 is 1.50 bits per heavy atom. The number of rotatable bonds is 4. The molecule has 5 heteroatoms. The lowest BCUT2D eigenvalue weighted by Crippen LogP contribution is -2.39. The van der Waals surface area contributed by atoms with Crippen LogP contribution in [0.2, 0.25) is 0 Å². The van der Waals surface area contributed by atoms with Crippen molar-refractivity contribution >= 4 is 21.2 Å². The summed E-state index contributed by atoms with van der Waals surface area (Å²) < 4.78 is 23.1. The molecule has 0 radical (unpaired) electrons. The van der Waals surface area contributed by atoms with Crippen molar-refractivity contribution in [2.24, 2.45) is 0 Å². The predicted octanol–water partition coefficient (Wildman–Crippen LogP) is 1.80. The highest BCUT2D eigenvalue weighted by atomic mass is 32.2. The van der Waals surface area contributed by atoms with Crippen LogP contribution in [0.15, 0.2) is 17.5 Å². The van der Waals surface area contributed by atoms with Crippen LogP contribution in [-0.4, -0.2) is 26.0 Å². The maximum absolute atomic E-state index is 11.6. The first kappa shape index (κ1) is 12.1. The van der Waals surface area contributed by atoms with Crippen LogP contribution in [-0.2, 0) is 16.4 Å². The van der Waals surface area contributed by atoms with Gasteiger partial charge in [-0.3, -0.25) is 0 Å². The van der Waals surface area contributed by atoms with Crippen molar-refractivity contribution in [1.29, 1.82) is 0 Å². The lowest BCUT2D eigenvalue weighted by molar-refractivity contribution is 0.509. The van der Waals surface area contributed by atoms with Gasteiger partial charge < -0.3 is 5.32 Å². The average Bonchev–Trinajstić information content (AvgIpc) is 2.85. The molecule has 0 aromatic carbocycles. The highest BCUT2D eigenvalue weighted by Gasteiger charge is 2.34. The molecule has 0 spiro atoms. The Morgan fingerprint density at radius 2 is 2.31 bits per heavy atom. The summed E-state index contributed by atoms with van der Waals surface area (Å²) in [5.74, 6) is 0. The third kappa shape index (κ3) is 2.84. The lowest BCUT2D eigenvalue weighted by Gasteiger charge is -2.19. The quantitative estimate of drug-likeness (QED) is 0.897. The van der Waals surface area contributed by atoms with Gasteiger partial charge in [-0.1, -0.05) is 12.5 Å². The molecular weight excluding hydrogens is 242 g/mol. The van der Waals surface area contributed by atoms with Crippen LogP contribution in [0.4, 0.5) is 0 Å². The van der Waals surface area contributed by atoms with Crippen molar-refractivity contribution in [2.75, 3.05) is 6.26 Å². The monoisotopic (exact) mass is 259 g/mol. The Bertz CT molecular complexity index is 425. The maximum Gasteiger partial charge on any atom is 0.151 e. The third-order valence-electron chi connectivity index (χ3n) is 3.12. The molecule has 2 unspecified atom stereocenters. The summed E-state index contributed by atoms with van der Waals surface area (Å²) in [6.07, 6.45) is 4.15. The molecule has 0 aliphatic heterocycles. The summed E-state index contributed by atoms with van der Waals surface area (Å²) >= 11 is 1.70. The minimum absolute atomic E-state index is 0.136. The van der Waals surface area contributed by atoms with E-state index in [-0.39, 0.29) is 11.3 Å². The smallest absolute Gasteiger partial charge is 0.151 e. The zero-order chi connectivity index (χ0) is 11.6. The molecule has 2 rings (SSSR count). The SMILES string of the molecule is CS(=O)(=O)C1CCCC1NCc1cccs1. The van der Waals surface area contributed by atoms with E-state index in [1.54, 1.807) is 11.3 Å². The van der Waals surface area contributed by atoms with Crippen molar-refractivity contribution < 1.29 is 8.42 Å². The van der Waals surface area contributed by atoms with Crippen molar-refractivity contribution in [3.63, 3.8) is 0 Å². The predicted molar refractivity (Wildman–Crippen MR) is 67.4 cm³/mol. The van der Waals surface area contributed by atoms with E-state index in [2.05, 4.69) is 11.4 Å². The molecule has 3 nitrogen and oxygen atoms in total. The van der Waals surface area contributed by atoms with Crippen molar-refractivity contribution in [1.82, 2.24) is 5.32 Å². The molecule has 1 heterocycles. The second-order valence-corrected chi connectivity index (χ2v) is 7.66. The second-order valence-electron chi connectivity index (χ2n) is 4.37. The number of sulfone groups is 1. The van der Waals surface area contributed by atoms with Gasteiger partial charge in [0.05, 0.1) is 5.25 Å². The van der Waals surface area contributed by atoms with Crippen LogP contribution in [0.25, 0.3) is 0 Å². The Labute approximate surface area is 101 Å². The van der Waals surface area contributed by atoms with E-state index in [0.717, 1.165) is 25.8 Å². The van der Waals surface area contributed by atoms with Crippen LogP contribution in [0.1, 0.15) is 24.1 Å². The molecule has 0 bridgehead atoms. The molecule has 1 aromatic rings. The molecule has 1 N–H and O–H groups in total. The van der Waals surface area contributed by atoms with E-state index in [9.17, 15) is 8.42 Å². The summed E-state index contributed by atoms with van der Waals surface area (Å²) in [7, 11) is -2.90. The summed E-state index contributed by atoms with van der Waals surface area (Å²) in [5, 5.41) is 5.23. The molecular formula is C11H17NO2S2. The van der Waals surface area contributed by atoms with Gasteiger partial charge in [-0.25, -0.2) is 8.42 Å². The van der Waals surface area contributed by atoms with Gasteiger partial charge in [-0.05, 0) is 24.3 Å². The Kier molecular flexibility index (Phi) is 3.66. The number of nitrogens with one attached hydrogen (secondary N) is 1. The van der Waals surface area contributed by atoms with Crippen LogP contribution < -0.4 is 5.32 Å². The first-order valence-corrected chi connectivity index (χ1v) is 8.35. The number of hydrogen-bond donors (Lipinski definition) is 1. The van der Waals surface area contributed by atoms with Gasteiger partial charge in [-0.2, -0.15) is 0 Å². The molecule has 1 aliphatic rings. The third-order valence-corrected chi connectivity index (χ3v) is 5.66. The number of thiophene rings is 1. The molecule has 90 valence electrons. The van der Waals surface area contributed by atoms with Crippen molar-refractivity contribution in [3.05, 3.63) is 22.4 Å². The van der Waals surface area contributed by atoms with E-state index >= 15 is 0 Å². The Balaban J connectivity index is 1.94. The summed E-state index contributed by atoms with van der Waals surface area (Å²) in [6, 6.07) is 4.23. The fraction of sp³-hybridized carbons (Fsp3) is 0.636. The minimum Gasteiger partial charge on any atom is -0.308 e. The first-order chi connectivity index (χ1) is 7.57. The van der Waals surface area contributed by atoms with E-state index in [1.165, 1.54) is 11.1 Å². The summed E-state index contributed by atoms with van der Waals surface area (Å²) in [4.78, 5) is 1.26. The molecule has 1 aliphatic carbocycles. The van der Waals surface area contributed by atoms with Gasteiger partial charge in [0.15, 0.2) is 9.84 Å². The molecule has 1 fully saturated rings. The zero-order valence-corrected chi connectivity index (χ0v) is 11.0. The zero-order valence-electron chi connectivity index (χ0n) is 9.35. The first-order valence-electron chi connectivity index (χ1n) is 5.52. The van der Waals surface area contributed by atoms with Gasteiger partial charge in [0.2, 0.25) is 0 Å². The minimum atomic E-state index is -2.90. The summed E-state index contributed by atoms with van der Waals surface area (Å²) in [6.45, 7) is 0.786. The topological polar surface area (TPSA) is 46.2 Å². The van der Waals surface area contributed by atoms with Gasteiger partial charge in [-0.15, -0.1) is 11.3 Å². The van der Waals surface area contributed by atoms with Gasteiger partial charge in [0.25, 0.3) is 0 Å². The van der Waals surface area contributed by atoms with Gasteiger partial charge in [0.1, 0.15) is 0 Å². The Hall–Kier alpha value is -0.390. The summed E-state index contributed by atoms with van der Waals surface area (Å²) in [5.41, 5.74) is 0. The molecule has 0 saturated heterocycles. The number of hydrogen-bond acceptors (Lipinski definition) is 4. The van der Waals surface area contributed by atoms with Crippen LogP contribution in [0.3, 0.4) is 0 Å². The second kappa shape index (κ2) is 4.85. The van der Waals surface area contributed by atoms with E-state index in [1.807, 2.05) is 11.4 Å². The largest absolute Gasteiger partial charge is 0.308 e. The average molecular weight is 259 g/mol. The highest BCUT2D eigenvalue weighted by molar-refractivity contribution is 7.91. The van der Waals surface area contributed by atoms with Crippen LogP contribution in [0, 0.1) is 0 Å². The Morgan fingerprint density at radius 3 is 2.94 bits per heavy atom. The molecule has 2 atom stereocenters. The van der Waals surface area contributed by atoms with Crippen LogP contribution in [0.5, 0.6) is 0 Å². The van der Waals surface area contributed by atoms with Crippen molar-refractivity contribution in [3.8, 4) is 0 Å². The normalized spacial score (nSPS) is 26.1. The highest BCUT2D eigenvalue weighted by Crippen LogP contribution is 2.25. The maximum atomic E-state index is 11.6. The standard InChI is InChI=1S/C11H17NO2S2/c1-16(13,14)11-6-2-5-10(11)12-8-9-4-3-7-15-9/h3-4,7,10-12H,2,5-6,8H2,1H3. The molecule has 16 heavy (non-hydrogen) atoms. The van der Waals surface area contributed by atoms with Gasteiger partial charge in [0, 0.05) is 23.7 Å². The van der Waals surface area contributed by atoms with Gasteiger partial charge >= 0.3 is 0 Å². The lowest BCUT2D eigenvalue weighted by atomic mass is 10.2. The van der Waals surface area contributed by atoms with E-state index < -0.39 is 9.84 Å². The van der Waals surface area contributed by atoms with Crippen molar-refractivity contribution in [2.45, 2.75) is 37.1 Å². The fourth-order valence-corrected chi connectivity index (χ4v) is 4.40. The fourth-order valence-electron chi connectivity index (χ4n) is 2.32. The molecule has 1 aromatic heterocycles. The van der Waals surface area contributed by atoms with E-state index in [0.29, 0.717) is 0 Å². The molecule has 0 amide bonds. The van der Waals surface area contributed by atoms with E-state index in [4.69, 9.17) is 0 Å².